The molecule has 34 heteroatoms. The molecule has 0 fully saturated rings. The second-order valence-electron chi connectivity index (χ2n) is 14.2. The van der Waals surface area contributed by atoms with Gasteiger partial charge in [-0.2, -0.15) is 33.7 Å². The highest BCUT2D eigenvalue weighted by Crippen LogP contribution is 2.47. The van der Waals surface area contributed by atoms with Crippen molar-refractivity contribution >= 4 is 103 Å². The first-order valence-electron chi connectivity index (χ1n) is 19.4. The van der Waals surface area contributed by atoms with Gasteiger partial charge in [0.05, 0.1) is 23.8 Å². The maximum Gasteiger partial charge on any atom is 0.356 e. The number of anilines is 1. The predicted molar refractivity (Wildman–Crippen MR) is 243 cm³/mol. The number of nitrogens with one attached hydrogen (secondary N) is 2. The van der Waals surface area contributed by atoms with Crippen molar-refractivity contribution in [3.63, 3.8) is 0 Å². The molecule has 1 amide bonds. The Kier molecular flexibility index (Phi) is 15.4. The van der Waals surface area contributed by atoms with Crippen molar-refractivity contribution in [1.29, 1.82) is 0 Å². The third kappa shape index (κ3) is 12.0. The van der Waals surface area contributed by atoms with Crippen LogP contribution in [0, 0.1) is 0 Å². The van der Waals surface area contributed by atoms with Gasteiger partial charge in [-0.05, 0) is 60.7 Å². The van der Waals surface area contributed by atoms with E-state index in [1.54, 1.807) is 0 Å². The Morgan fingerprint density at radius 2 is 1.15 bits per heavy atom. The van der Waals surface area contributed by atoms with Gasteiger partial charge in [-0.1, -0.05) is 0 Å². The maximum atomic E-state index is 13.4. The molecule has 0 unspecified atom stereocenters. The number of phenolic OH excluding ortho intramolecular Hbond substituents is 1. The monoisotopic (exact) mass is 1080 g/mol. The van der Waals surface area contributed by atoms with E-state index >= 15 is 0 Å². The number of carbonyl (C=O) groups excluding carboxylic acids is 1. The van der Waals surface area contributed by atoms with Crippen molar-refractivity contribution in [3.8, 4) is 22.9 Å². The standard InChI is InChI=1S/C38H33N9O21S4/c1-18(50)39-19-2-8-24(30(14-19)70(58,59)60)40-42-26-16-29(68-13-11-49)27(17-28(26)67-12-10-48)43-44-32-31(71(61,62)63)15-23-22(35(32)51)7-9-25(36(23)72(64,65)66)41-45-33-34(38(53)54)46-47(37(33)52)20-3-5-21(6-4-20)69(55,56)57/h2-9,14-17,46,48-49,51H,10-13H2,1H3,(H,39,50)(H,53,54)(H,55,56,57)(H,58,59,60)(H,61,62,63)(H,64,65,66). The van der Waals surface area contributed by atoms with Crippen LogP contribution in [0.3, 0.4) is 0 Å². The van der Waals surface area contributed by atoms with E-state index in [9.17, 15) is 86.7 Å². The summed E-state index contributed by atoms with van der Waals surface area (Å²) in [6, 6.07) is 11.0. The van der Waals surface area contributed by atoms with Crippen LogP contribution in [0.4, 0.5) is 39.8 Å². The fraction of sp³-hybridized carbons (Fsp3) is 0.132. The Morgan fingerprint density at radius 3 is 1.67 bits per heavy atom. The summed E-state index contributed by atoms with van der Waals surface area (Å²) in [4.78, 5) is 32.9. The van der Waals surface area contributed by atoms with Crippen LogP contribution >= 0.6 is 0 Å². The van der Waals surface area contributed by atoms with Gasteiger partial charge in [0.2, 0.25) is 5.91 Å². The smallest absolute Gasteiger partial charge is 0.356 e. The molecule has 0 spiro atoms. The number of aliphatic hydroxyl groups excluding tert-OH is 2. The third-order valence-electron chi connectivity index (χ3n) is 9.25. The third-order valence-corrected chi connectivity index (χ3v) is 12.8. The second kappa shape index (κ2) is 20.8. The zero-order valence-corrected chi connectivity index (χ0v) is 39.2. The number of fused-ring (bicyclic) bond motifs is 1. The molecule has 0 aliphatic heterocycles. The Balaban J connectivity index is 1.48. The minimum absolute atomic E-state index is 0.0365. The predicted octanol–water partition coefficient (Wildman–Crippen LogP) is 4.66. The number of phenols is 1. The maximum absolute atomic E-state index is 13.4. The van der Waals surface area contributed by atoms with Crippen LogP contribution in [0.1, 0.15) is 17.4 Å². The number of aromatic hydroxyl groups is 1. The lowest BCUT2D eigenvalue weighted by atomic mass is 10.1. The molecule has 0 saturated carbocycles. The van der Waals surface area contributed by atoms with Crippen molar-refractivity contribution in [2.75, 3.05) is 31.7 Å². The minimum Gasteiger partial charge on any atom is -0.505 e. The summed E-state index contributed by atoms with van der Waals surface area (Å²) in [7, 11) is -20.8. The molecule has 0 bridgehead atoms. The van der Waals surface area contributed by atoms with Gasteiger partial charge in [-0.15, -0.1) is 30.7 Å². The van der Waals surface area contributed by atoms with E-state index in [4.69, 9.17) is 9.47 Å². The van der Waals surface area contributed by atoms with Crippen molar-refractivity contribution < 1.29 is 91.4 Å². The Hall–Kier alpha value is -7.93. The molecular weight excluding hydrogens is 1050 g/mol. The minimum atomic E-state index is -5.59. The summed E-state index contributed by atoms with van der Waals surface area (Å²) in [5, 5.41) is 66.0. The van der Waals surface area contributed by atoms with Crippen LogP contribution in [-0.4, -0.2) is 120 Å². The van der Waals surface area contributed by atoms with Gasteiger partial charge in [0.15, 0.2) is 17.1 Å². The summed E-state index contributed by atoms with van der Waals surface area (Å²) in [5.41, 5.74) is -6.60. The number of azo groups is 3. The Labute approximate surface area is 403 Å². The fourth-order valence-electron chi connectivity index (χ4n) is 6.28. The topological polar surface area (TPSA) is 475 Å². The molecule has 380 valence electrons. The fourth-order valence-corrected chi connectivity index (χ4v) is 8.88. The number of hydrogen-bond acceptors (Lipinski definition) is 22. The first kappa shape index (κ1) is 53.4. The molecule has 5 aromatic carbocycles. The average Bonchev–Trinajstić information content (AvgIpc) is 3.62. The van der Waals surface area contributed by atoms with Crippen molar-refractivity contribution in [1.82, 2.24) is 9.78 Å². The number of carboxylic acids is 1. The molecule has 1 aromatic heterocycles. The number of aromatic nitrogens is 2. The van der Waals surface area contributed by atoms with Gasteiger partial charge >= 0.3 is 5.97 Å². The summed E-state index contributed by atoms with van der Waals surface area (Å²) in [6.07, 6.45) is 0. The molecule has 0 atom stereocenters. The van der Waals surface area contributed by atoms with Crippen LogP contribution in [-0.2, 0) is 45.3 Å². The number of benzene rings is 5. The van der Waals surface area contributed by atoms with Gasteiger partial charge in [-0.25, -0.2) is 9.48 Å². The van der Waals surface area contributed by atoms with Gasteiger partial charge in [0.1, 0.15) is 67.8 Å². The van der Waals surface area contributed by atoms with Crippen molar-refractivity contribution in [2.24, 2.45) is 30.7 Å². The molecule has 30 nitrogen and oxygen atoms in total. The summed E-state index contributed by atoms with van der Waals surface area (Å²) < 4.78 is 150. The second-order valence-corrected chi connectivity index (χ2v) is 19.7. The van der Waals surface area contributed by atoms with Crippen LogP contribution in [0.2, 0.25) is 0 Å². The highest BCUT2D eigenvalue weighted by Gasteiger charge is 2.29. The van der Waals surface area contributed by atoms with Gasteiger partial charge in [-0.3, -0.25) is 32.9 Å². The lowest BCUT2D eigenvalue weighted by Gasteiger charge is -2.14. The zero-order chi connectivity index (χ0) is 53.1. The number of H-pyrrole nitrogens is 1. The van der Waals surface area contributed by atoms with Gasteiger partial charge < -0.3 is 35.2 Å². The molecule has 0 radical (unpaired) electrons. The van der Waals surface area contributed by atoms with E-state index in [0.717, 1.165) is 67.6 Å². The molecule has 0 saturated heterocycles. The lowest BCUT2D eigenvalue weighted by Crippen LogP contribution is -2.14. The van der Waals surface area contributed by atoms with E-state index in [2.05, 4.69) is 41.1 Å². The van der Waals surface area contributed by atoms with Gasteiger partial charge in [0, 0.05) is 35.5 Å². The van der Waals surface area contributed by atoms with Crippen LogP contribution in [0.15, 0.2) is 128 Å². The highest BCUT2D eigenvalue weighted by molar-refractivity contribution is 7.87. The largest absolute Gasteiger partial charge is 0.505 e. The molecule has 1 heterocycles. The van der Waals surface area contributed by atoms with E-state index in [0.29, 0.717) is 10.7 Å². The first-order valence-corrected chi connectivity index (χ1v) is 25.1. The van der Waals surface area contributed by atoms with E-state index in [-0.39, 0.29) is 28.6 Å². The normalized spacial score (nSPS) is 12.6. The van der Waals surface area contributed by atoms with E-state index in [1.807, 2.05) is 0 Å². The summed E-state index contributed by atoms with van der Waals surface area (Å²) in [6.45, 7) is -0.977. The number of amides is 1. The molecule has 10 N–H and O–H groups in total. The Bertz CT molecular complexity index is 3800. The Morgan fingerprint density at radius 1 is 0.625 bits per heavy atom. The number of aliphatic hydroxyl groups is 2. The molecule has 6 rings (SSSR count). The summed E-state index contributed by atoms with van der Waals surface area (Å²) in [5.74, 6) is -4.29. The number of rotatable bonds is 19. The highest BCUT2D eigenvalue weighted by atomic mass is 32.2. The lowest BCUT2D eigenvalue weighted by molar-refractivity contribution is -0.114. The number of carboxylic acid groups (broad SMARTS) is 1. The SMILES string of the molecule is CC(=O)Nc1ccc(N=Nc2cc(OCCO)c(N=Nc3c(S(=O)(=O)O)cc4c(S(=O)(=O)O)c(N=Nc5c(C(=O)O)[nH]n(-c6ccc(S(=O)(=O)O)cc6)c5=O)ccc4c3O)cc2OCCO)c(S(=O)(=O)O)c1. The van der Waals surface area contributed by atoms with Crippen LogP contribution in [0.25, 0.3) is 16.5 Å². The van der Waals surface area contributed by atoms with Crippen LogP contribution < -0.4 is 20.3 Å². The zero-order valence-electron chi connectivity index (χ0n) is 35.9. The molecule has 0 aliphatic carbocycles. The van der Waals surface area contributed by atoms with Crippen molar-refractivity contribution in [2.45, 2.75) is 26.5 Å². The number of aromatic carboxylic acids is 1. The molecule has 72 heavy (non-hydrogen) atoms. The average molecular weight is 1080 g/mol. The summed E-state index contributed by atoms with van der Waals surface area (Å²) >= 11 is 0. The number of hydrogen-bond donors (Lipinski definition) is 10. The number of ether oxygens (including phenoxy) is 2. The van der Waals surface area contributed by atoms with Crippen molar-refractivity contribution in [3.05, 3.63) is 88.8 Å². The molecule has 0 aliphatic rings. The van der Waals surface area contributed by atoms with Gasteiger partial charge in [0.25, 0.3) is 46.0 Å². The van der Waals surface area contributed by atoms with E-state index < -0.39 is 155 Å². The molecular formula is C38H33N9O21S4. The molecule has 6 aromatic rings. The number of carbonyl (C=O) groups is 2. The van der Waals surface area contributed by atoms with E-state index in [1.165, 1.54) is 6.07 Å². The quantitative estimate of drug-likeness (QED) is 0.0389. The number of nitrogens with zero attached hydrogens (tertiary/aromatic N) is 7. The number of aromatic amines is 1. The van der Waals surface area contributed by atoms with Crippen LogP contribution in [0.5, 0.6) is 17.2 Å². The first-order chi connectivity index (χ1) is 33.6.